The summed E-state index contributed by atoms with van der Waals surface area (Å²) < 4.78 is 6.03. The molecular weight excluding hydrogens is 450 g/mol. The van der Waals surface area contributed by atoms with E-state index in [1.165, 1.54) is 16.5 Å². The van der Waals surface area contributed by atoms with E-state index >= 15 is 0 Å². The van der Waals surface area contributed by atoms with Gasteiger partial charge in [-0.15, -0.1) is 0 Å². The highest BCUT2D eigenvalue weighted by atomic mass is 35.5. The number of carbonyl (C=O) groups is 2. The summed E-state index contributed by atoms with van der Waals surface area (Å²) in [5.74, 6) is -0.0892. The largest absolute Gasteiger partial charge is 0.483 e. The van der Waals surface area contributed by atoms with Crippen molar-refractivity contribution >= 4 is 40.4 Å². The number of amides is 2. The Morgan fingerprint density at radius 1 is 1.24 bits per heavy atom. The molecule has 1 saturated carbocycles. The highest BCUT2D eigenvalue weighted by Gasteiger charge is 2.40. The number of morpholine rings is 1. The van der Waals surface area contributed by atoms with Gasteiger partial charge in [0.1, 0.15) is 6.10 Å². The lowest BCUT2D eigenvalue weighted by atomic mass is 9.82. The van der Waals surface area contributed by atoms with Crippen LogP contribution in [0.5, 0.6) is 0 Å². The van der Waals surface area contributed by atoms with Gasteiger partial charge in [-0.3, -0.25) is 9.59 Å². The van der Waals surface area contributed by atoms with Crippen LogP contribution in [0, 0.1) is 12.8 Å². The molecule has 3 atom stereocenters. The number of aryl methyl sites for hydroxylation is 1. The summed E-state index contributed by atoms with van der Waals surface area (Å²) in [4.78, 5) is 28.8. The first-order valence-corrected chi connectivity index (χ1v) is 12.1. The molecule has 2 heterocycles. The molecule has 2 fully saturated rings. The second kappa shape index (κ2) is 9.55. The first-order chi connectivity index (χ1) is 16.5. The van der Waals surface area contributed by atoms with Gasteiger partial charge in [0.25, 0.3) is 5.91 Å². The van der Waals surface area contributed by atoms with Crippen molar-refractivity contribution < 1.29 is 14.3 Å². The van der Waals surface area contributed by atoms with Crippen LogP contribution in [-0.4, -0.2) is 35.5 Å². The lowest BCUT2D eigenvalue weighted by Crippen LogP contribution is -2.54. The minimum Gasteiger partial charge on any atom is -0.483 e. The van der Waals surface area contributed by atoms with Gasteiger partial charge in [0.15, 0.2) is 5.76 Å². The van der Waals surface area contributed by atoms with Crippen LogP contribution >= 0.6 is 11.6 Å². The van der Waals surface area contributed by atoms with Crippen molar-refractivity contribution in [3.63, 3.8) is 0 Å². The SMILES string of the molecule is Cc1ccc2[nH]cc(CCNC(=O)C3CCC4O/C(=C/c5ccccc5Cl)C(=O)NC4C3)c2c1. The van der Waals surface area contributed by atoms with Gasteiger partial charge in [-0.2, -0.15) is 0 Å². The monoisotopic (exact) mass is 477 g/mol. The van der Waals surface area contributed by atoms with Crippen molar-refractivity contribution in [2.24, 2.45) is 5.92 Å². The fourth-order valence-electron chi connectivity index (χ4n) is 4.93. The molecule has 1 aliphatic heterocycles. The van der Waals surface area contributed by atoms with Crippen LogP contribution in [-0.2, 0) is 20.7 Å². The number of halogens is 1. The molecule has 5 rings (SSSR count). The van der Waals surface area contributed by atoms with Crippen molar-refractivity contribution in [2.45, 2.75) is 44.8 Å². The third kappa shape index (κ3) is 4.68. The fraction of sp³-hybridized carbons (Fsp3) is 0.333. The third-order valence-electron chi connectivity index (χ3n) is 6.78. The van der Waals surface area contributed by atoms with E-state index in [0.717, 1.165) is 23.9 Å². The second-order valence-corrected chi connectivity index (χ2v) is 9.59. The summed E-state index contributed by atoms with van der Waals surface area (Å²) in [6.07, 6.45) is 6.35. The average molecular weight is 478 g/mol. The molecule has 0 bridgehead atoms. The molecule has 176 valence electrons. The van der Waals surface area contributed by atoms with Gasteiger partial charge in [0.2, 0.25) is 5.91 Å². The van der Waals surface area contributed by atoms with Crippen molar-refractivity contribution in [3.8, 4) is 0 Å². The molecule has 0 radical (unpaired) electrons. The van der Waals surface area contributed by atoms with Crippen LogP contribution < -0.4 is 10.6 Å². The van der Waals surface area contributed by atoms with Crippen LogP contribution in [0.3, 0.4) is 0 Å². The van der Waals surface area contributed by atoms with E-state index in [0.29, 0.717) is 24.4 Å². The van der Waals surface area contributed by atoms with Crippen LogP contribution in [0.25, 0.3) is 17.0 Å². The Balaban J connectivity index is 1.16. The number of hydrogen-bond acceptors (Lipinski definition) is 3. The Hall–Kier alpha value is -3.25. The molecule has 7 heteroatoms. The summed E-state index contributed by atoms with van der Waals surface area (Å²) >= 11 is 6.21. The van der Waals surface area contributed by atoms with Gasteiger partial charge in [0.05, 0.1) is 6.04 Å². The van der Waals surface area contributed by atoms with Crippen molar-refractivity contribution in [1.29, 1.82) is 0 Å². The summed E-state index contributed by atoms with van der Waals surface area (Å²) in [5.41, 5.74) is 4.27. The van der Waals surface area contributed by atoms with Crippen molar-refractivity contribution in [1.82, 2.24) is 15.6 Å². The summed E-state index contributed by atoms with van der Waals surface area (Å²) in [6.45, 7) is 2.66. The molecule has 3 aromatic rings. The molecule has 1 saturated heterocycles. The number of ether oxygens (including phenoxy) is 1. The van der Waals surface area contributed by atoms with Crippen LogP contribution in [0.15, 0.2) is 54.4 Å². The van der Waals surface area contributed by atoms with E-state index in [9.17, 15) is 9.59 Å². The topological polar surface area (TPSA) is 83.2 Å². The van der Waals surface area contributed by atoms with Gasteiger partial charge in [-0.05, 0) is 68.0 Å². The maximum Gasteiger partial charge on any atom is 0.286 e. The van der Waals surface area contributed by atoms with Crippen LogP contribution in [0.4, 0.5) is 0 Å². The third-order valence-corrected chi connectivity index (χ3v) is 7.13. The maximum absolute atomic E-state index is 12.8. The van der Waals surface area contributed by atoms with E-state index in [1.807, 2.05) is 24.4 Å². The fourth-order valence-corrected chi connectivity index (χ4v) is 5.12. The molecule has 6 nitrogen and oxygen atoms in total. The standard InChI is InChI=1S/C27H28ClN3O3/c1-16-6-8-22-20(12-16)19(15-30-22)10-11-29-26(32)18-7-9-24-23(13-18)31-27(33)25(34-24)14-17-4-2-3-5-21(17)28/h2-6,8,12,14-15,18,23-24,30H,7,9-11,13H2,1H3,(H,29,32)(H,31,33)/b25-14+. The maximum atomic E-state index is 12.8. The predicted octanol–water partition coefficient (Wildman–Crippen LogP) is 4.51. The molecule has 0 spiro atoms. The quantitative estimate of drug-likeness (QED) is 0.473. The molecular formula is C27H28ClN3O3. The number of aromatic amines is 1. The zero-order valence-electron chi connectivity index (χ0n) is 19.1. The van der Waals surface area contributed by atoms with E-state index in [1.54, 1.807) is 12.1 Å². The smallest absolute Gasteiger partial charge is 0.286 e. The molecule has 2 aliphatic rings. The number of hydrogen-bond donors (Lipinski definition) is 3. The lowest BCUT2D eigenvalue weighted by molar-refractivity contribution is -0.134. The highest BCUT2D eigenvalue weighted by molar-refractivity contribution is 6.32. The molecule has 1 aromatic heterocycles. The number of fused-ring (bicyclic) bond motifs is 2. The Morgan fingerprint density at radius 2 is 2.09 bits per heavy atom. The van der Waals surface area contributed by atoms with E-state index in [2.05, 4.69) is 40.7 Å². The Morgan fingerprint density at radius 3 is 2.94 bits per heavy atom. The Bertz CT molecular complexity index is 1260. The average Bonchev–Trinajstić information content (AvgIpc) is 3.22. The summed E-state index contributed by atoms with van der Waals surface area (Å²) in [6, 6.07) is 13.5. The Kier molecular flexibility index (Phi) is 6.33. The normalized spacial score (nSPS) is 23.3. The number of H-pyrrole nitrogens is 1. The molecule has 2 amide bonds. The lowest BCUT2D eigenvalue weighted by Gasteiger charge is -2.39. The molecule has 1 aliphatic carbocycles. The van der Waals surface area contributed by atoms with Gasteiger partial charge in [0, 0.05) is 34.6 Å². The minimum absolute atomic E-state index is 0.0427. The van der Waals surface area contributed by atoms with Gasteiger partial charge in [-0.25, -0.2) is 0 Å². The summed E-state index contributed by atoms with van der Waals surface area (Å²) in [5, 5.41) is 7.90. The van der Waals surface area contributed by atoms with Crippen molar-refractivity contribution in [3.05, 3.63) is 76.1 Å². The number of benzene rings is 2. The first-order valence-electron chi connectivity index (χ1n) is 11.8. The number of rotatable bonds is 5. The van der Waals surface area contributed by atoms with Gasteiger partial charge < -0.3 is 20.4 Å². The zero-order chi connectivity index (χ0) is 23.7. The van der Waals surface area contributed by atoms with Crippen LogP contribution in [0.2, 0.25) is 5.02 Å². The predicted molar refractivity (Wildman–Crippen MR) is 133 cm³/mol. The van der Waals surface area contributed by atoms with E-state index < -0.39 is 0 Å². The Labute approximate surface area is 203 Å². The van der Waals surface area contributed by atoms with Crippen LogP contribution in [0.1, 0.15) is 36.0 Å². The number of carbonyl (C=O) groups excluding carboxylic acids is 2. The first kappa shape index (κ1) is 22.5. The molecule has 3 N–H and O–H groups in total. The number of aromatic nitrogens is 1. The van der Waals surface area contributed by atoms with Gasteiger partial charge in [-0.1, -0.05) is 41.4 Å². The number of nitrogens with one attached hydrogen (secondary N) is 3. The summed E-state index contributed by atoms with van der Waals surface area (Å²) in [7, 11) is 0. The van der Waals surface area contributed by atoms with E-state index in [4.69, 9.17) is 16.3 Å². The molecule has 3 unspecified atom stereocenters. The highest BCUT2D eigenvalue weighted by Crippen LogP contribution is 2.32. The zero-order valence-corrected chi connectivity index (χ0v) is 19.8. The second-order valence-electron chi connectivity index (χ2n) is 9.18. The van der Waals surface area contributed by atoms with Crippen molar-refractivity contribution in [2.75, 3.05) is 6.54 Å². The van der Waals surface area contributed by atoms with Gasteiger partial charge >= 0.3 is 0 Å². The van der Waals surface area contributed by atoms with E-state index in [-0.39, 0.29) is 35.6 Å². The molecule has 34 heavy (non-hydrogen) atoms. The minimum atomic E-state index is -0.267. The molecule has 2 aromatic carbocycles.